The summed E-state index contributed by atoms with van der Waals surface area (Å²) in [5.41, 5.74) is 1.44. The standard InChI is InChI=1S/C17H22O/c18-17-12-6-4-10-16(11-5-7-13-17)14-15-8-2-1-3-9-15/h1-3,6,8-9,12,16H,4-5,7,10-11,13-14H2/b12-6+. The van der Waals surface area contributed by atoms with E-state index in [1.54, 1.807) is 6.08 Å². The van der Waals surface area contributed by atoms with E-state index in [2.05, 4.69) is 36.4 Å². The normalized spacial score (nSPS) is 23.6. The van der Waals surface area contributed by atoms with Crippen LogP contribution in [0.15, 0.2) is 42.5 Å². The monoisotopic (exact) mass is 242 g/mol. The molecule has 0 amide bonds. The second kappa shape index (κ2) is 7.15. The molecule has 1 aliphatic carbocycles. The molecule has 1 unspecified atom stereocenters. The van der Waals surface area contributed by atoms with E-state index in [-0.39, 0.29) is 0 Å². The first-order valence-electron chi connectivity index (χ1n) is 7.08. The maximum Gasteiger partial charge on any atom is 0.155 e. The van der Waals surface area contributed by atoms with E-state index in [0.29, 0.717) is 5.78 Å². The van der Waals surface area contributed by atoms with Crippen molar-refractivity contribution in [3.05, 3.63) is 48.0 Å². The Labute approximate surface area is 110 Å². The Kier molecular flexibility index (Phi) is 5.19. The van der Waals surface area contributed by atoms with Crippen LogP contribution >= 0.6 is 0 Å². The van der Waals surface area contributed by atoms with E-state index < -0.39 is 0 Å². The summed E-state index contributed by atoms with van der Waals surface area (Å²) in [6.45, 7) is 0. The molecule has 96 valence electrons. The van der Waals surface area contributed by atoms with Gasteiger partial charge in [0, 0.05) is 6.42 Å². The van der Waals surface area contributed by atoms with Gasteiger partial charge in [-0.15, -0.1) is 0 Å². The largest absolute Gasteiger partial charge is 0.295 e. The van der Waals surface area contributed by atoms with Crippen molar-refractivity contribution < 1.29 is 4.79 Å². The Morgan fingerprint density at radius 3 is 2.72 bits per heavy atom. The molecule has 0 radical (unpaired) electrons. The van der Waals surface area contributed by atoms with Gasteiger partial charge in [-0.2, -0.15) is 0 Å². The number of rotatable bonds is 2. The zero-order valence-electron chi connectivity index (χ0n) is 11.0. The Hall–Kier alpha value is -1.37. The van der Waals surface area contributed by atoms with Gasteiger partial charge in [-0.1, -0.05) is 49.2 Å². The summed E-state index contributed by atoms with van der Waals surface area (Å²) in [6, 6.07) is 10.8. The van der Waals surface area contributed by atoms with E-state index in [9.17, 15) is 4.79 Å². The molecule has 1 atom stereocenters. The quantitative estimate of drug-likeness (QED) is 0.754. The van der Waals surface area contributed by atoms with Crippen molar-refractivity contribution in [2.75, 3.05) is 0 Å². The van der Waals surface area contributed by atoms with Crippen LogP contribution in [-0.2, 0) is 11.2 Å². The number of ketones is 1. The van der Waals surface area contributed by atoms with E-state index in [1.807, 2.05) is 0 Å². The Morgan fingerprint density at radius 2 is 1.89 bits per heavy atom. The third-order valence-corrected chi connectivity index (χ3v) is 3.70. The molecule has 0 saturated heterocycles. The smallest absolute Gasteiger partial charge is 0.155 e. The first-order valence-corrected chi connectivity index (χ1v) is 7.08. The van der Waals surface area contributed by atoms with Crippen LogP contribution in [0.25, 0.3) is 0 Å². The van der Waals surface area contributed by atoms with Crippen LogP contribution in [0.2, 0.25) is 0 Å². The molecule has 1 aromatic rings. The zero-order chi connectivity index (χ0) is 12.6. The number of allylic oxidation sites excluding steroid dienone is 2. The Morgan fingerprint density at radius 1 is 1.06 bits per heavy atom. The fourth-order valence-electron chi connectivity index (χ4n) is 2.66. The summed E-state index contributed by atoms with van der Waals surface area (Å²) < 4.78 is 0. The number of benzene rings is 1. The van der Waals surface area contributed by atoms with Gasteiger partial charge in [-0.05, 0) is 43.2 Å². The molecule has 2 rings (SSSR count). The van der Waals surface area contributed by atoms with Gasteiger partial charge >= 0.3 is 0 Å². The average molecular weight is 242 g/mol. The number of hydrogen-bond acceptors (Lipinski definition) is 1. The molecule has 1 aromatic carbocycles. The van der Waals surface area contributed by atoms with Gasteiger partial charge in [0.2, 0.25) is 0 Å². The van der Waals surface area contributed by atoms with Crippen molar-refractivity contribution in [3.8, 4) is 0 Å². The van der Waals surface area contributed by atoms with Crippen molar-refractivity contribution >= 4 is 5.78 Å². The fraction of sp³-hybridized carbons (Fsp3) is 0.471. The fourth-order valence-corrected chi connectivity index (χ4v) is 2.66. The highest BCUT2D eigenvalue weighted by molar-refractivity contribution is 5.89. The minimum Gasteiger partial charge on any atom is -0.295 e. The molecule has 0 spiro atoms. The summed E-state index contributed by atoms with van der Waals surface area (Å²) in [7, 11) is 0. The summed E-state index contributed by atoms with van der Waals surface area (Å²) >= 11 is 0. The van der Waals surface area contributed by atoms with Crippen molar-refractivity contribution in [1.82, 2.24) is 0 Å². The number of carbonyl (C=O) groups is 1. The first kappa shape index (κ1) is 13.1. The molecule has 0 aliphatic heterocycles. The highest BCUT2D eigenvalue weighted by Crippen LogP contribution is 2.22. The van der Waals surface area contributed by atoms with Crippen LogP contribution in [0.1, 0.15) is 44.1 Å². The molecule has 1 nitrogen and oxygen atoms in total. The first-order chi connectivity index (χ1) is 8.84. The maximum atomic E-state index is 11.4. The Balaban J connectivity index is 1.91. The van der Waals surface area contributed by atoms with Crippen LogP contribution < -0.4 is 0 Å². The maximum absolute atomic E-state index is 11.4. The van der Waals surface area contributed by atoms with Crippen LogP contribution in [0, 0.1) is 5.92 Å². The predicted molar refractivity (Wildman–Crippen MR) is 75.5 cm³/mol. The van der Waals surface area contributed by atoms with Gasteiger partial charge in [-0.3, -0.25) is 4.79 Å². The van der Waals surface area contributed by atoms with E-state index in [4.69, 9.17) is 0 Å². The van der Waals surface area contributed by atoms with Crippen molar-refractivity contribution in [2.45, 2.75) is 44.9 Å². The molecule has 0 saturated carbocycles. The molecule has 18 heavy (non-hydrogen) atoms. The molecule has 1 heteroatoms. The highest BCUT2D eigenvalue weighted by Gasteiger charge is 2.10. The summed E-state index contributed by atoms with van der Waals surface area (Å²) in [6.07, 6.45) is 11.5. The molecule has 0 aromatic heterocycles. The van der Waals surface area contributed by atoms with Gasteiger partial charge in [-0.25, -0.2) is 0 Å². The van der Waals surface area contributed by atoms with Crippen molar-refractivity contribution in [3.63, 3.8) is 0 Å². The number of carbonyl (C=O) groups excluding carboxylic acids is 1. The lowest BCUT2D eigenvalue weighted by Crippen LogP contribution is -2.06. The SMILES string of the molecule is O=C1/C=C/CCC(Cc2ccccc2)CCCC1. The predicted octanol–water partition coefficient (Wildman–Crippen LogP) is 4.32. The summed E-state index contributed by atoms with van der Waals surface area (Å²) in [4.78, 5) is 11.4. The second-order valence-electron chi connectivity index (χ2n) is 5.25. The topological polar surface area (TPSA) is 17.1 Å². The van der Waals surface area contributed by atoms with Gasteiger partial charge in [0.15, 0.2) is 5.78 Å². The number of hydrogen-bond donors (Lipinski definition) is 0. The molecule has 0 bridgehead atoms. The molecular weight excluding hydrogens is 220 g/mol. The summed E-state index contributed by atoms with van der Waals surface area (Å²) in [5.74, 6) is 1.07. The average Bonchev–Trinajstić information content (AvgIpc) is 2.40. The third-order valence-electron chi connectivity index (χ3n) is 3.70. The zero-order valence-corrected chi connectivity index (χ0v) is 11.0. The minimum absolute atomic E-state index is 0.302. The van der Waals surface area contributed by atoms with Crippen LogP contribution in [0.3, 0.4) is 0 Å². The van der Waals surface area contributed by atoms with Crippen LogP contribution in [0.4, 0.5) is 0 Å². The van der Waals surface area contributed by atoms with Crippen molar-refractivity contribution in [1.29, 1.82) is 0 Å². The van der Waals surface area contributed by atoms with E-state index in [0.717, 1.165) is 25.2 Å². The lowest BCUT2D eigenvalue weighted by Gasteiger charge is -2.17. The molecule has 0 heterocycles. The molecule has 0 fully saturated rings. The summed E-state index contributed by atoms with van der Waals surface area (Å²) in [5, 5.41) is 0. The van der Waals surface area contributed by atoms with E-state index >= 15 is 0 Å². The third kappa shape index (κ3) is 4.48. The molecule has 1 aliphatic rings. The van der Waals surface area contributed by atoms with Crippen LogP contribution in [0.5, 0.6) is 0 Å². The van der Waals surface area contributed by atoms with Gasteiger partial charge in [0.05, 0.1) is 0 Å². The lowest BCUT2D eigenvalue weighted by atomic mass is 9.89. The second-order valence-corrected chi connectivity index (χ2v) is 5.25. The van der Waals surface area contributed by atoms with Crippen LogP contribution in [-0.4, -0.2) is 5.78 Å². The Bertz CT molecular complexity index is 391. The molecular formula is C17H22O. The van der Waals surface area contributed by atoms with Crippen molar-refractivity contribution in [2.24, 2.45) is 5.92 Å². The molecule has 0 N–H and O–H groups in total. The minimum atomic E-state index is 0.302. The van der Waals surface area contributed by atoms with E-state index in [1.165, 1.54) is 31.2 Å². The lowest BCUT2D eigenvalue weighted by molar-refractivity contribution is -0.114. The van der Waals surface area contributed by atoms with Gasteiger partial charge in [0.25, 0.3) is 0 Å². The van der Waals surface area contributed by atoms with Gasteiger partial charge < -0.3 is 0 Å². The van der Waals surface area contributed by atoms with Gasteiger partial charge in [0.1, 0.15) is 0 Å². The highest BCUT2D eigenvalue weighted by atomic mass is 16.1.